The number of aliphatic carboxylic acids is 2. The van der Waals surface area contributed by atoms with Gasteiger partial charge in [0.05, 0.1) is 5.54 Å². The molecule has 0 aliphatic carbocycles. The van der Waals surface area contributed by atoms with Gasteiger partial charge in [-0.3, -0.25) is 24.0 Å². The quantitative estimate of drug-likeness (QED) is 0.0303. The van der Waals surface area contributed by atoms with Gasteiger partial charge in [0.25, 0.3) is 0 Å². The van der Waals surface area contributed by atoms with Crippen LogP contribution in [0.1, 0.15) is 108 Å². The molecule has 0 radical (unpaired) electrons. The second-order valence-corrected chi connectivity index (χ2v) is 22.2. The molecule has 3 heterocycles. The summed E-state index contributed by atoms with van der Waals surface area (Å²) in [7, 11) is 0. The molecule has 7 amide bonds. The Morgan fingerprint density at radius 2 is 0.904 bits per heavy atom. The van der Waals surface area contributed by atoms with Crippen molar-refractivity contribution in [2.75, 3.05) is 91.6 Å². The van der Waals surface area contributed by atoms with E-state index in [1.165, 1.54) is 0 Å². The number of hydrogen-bond donors (Lipinski definition) is 17. The number of aliphatic hydroxyl groups is 2. The van der Waals surface area contributed by atoms with Gasteiger partial charge in [0.1, 0.15) is 24.2 Å². The minimum Gasteiger partial charge on any atom is -0.480 e. The fourth-order valence-electron chi connectivity index (χ4n) is 9.87. The number of unbranched alkanes of at least 4 members (excludes halogenated alkanes) is 5. The number of carbonyl (C=O) groups is 8. The molecule has 25 heteroatoms. The molecule has 0 saturated carbocycles. The van der Waals surface area contributed by atoms with E-state index >= 15 is 0 Å². The lowest BCUT2D eigenvalue weighted by Crippen LogP contribution is -2.66. The van der Waals surface area contributed by atoms with Gasteiger partial charge in [-0.05, 0) is 56.1 Å². The Balaban J connectivity index is 1.21. The molecule has 3 aliphatic rings. The number of carboxylic acids is 2. The van der Waals surface area contributed by atoms with Crippen molar-refractivity contribution in [3.63, 3.8) is 0 Å². The maximum atomic E-state index is 14.2. The number of rotatable bonds is 33. The number of carbonyl (C=O) groups excluding carboxylic acids is 6. The van der Waals surface area contributed by atoms with Crippen LogP contribution in [0, 0.1) is 5.41 Å². The van der Waals surface area contributed by atoms with Crippen LogP contribution in [0.15, 0.2) is 60.7 Å². The molecule has 5 rings (SSSR count). The highest BCUT2D eigenvalue weighted by Crippen LogP contribution is 2.14. The summed E-state index contributed by atoms with van der Waals surface area (Å²) in [5.74, 6) is -4.33. The van der Waals surface area contributed by atoms with E-state index in [0.29, 0.717) is 64.8 Å². The van der Waals surface area contributed by atoms with Gasteiger partial charge in [0.2, 0.25) is 29.5 Å². The normalized spacial score (nSPS) is 19.5. The van der Waals surface area contributed by atoms with Gasteiger partial charge in [0.15, 0.2) is 6.29 Å². The Labute approximate surface area is 488 Å². The minimum atomic E-state index is -1.76. The van der Waals surface area contributed by atoms with Crippen LogP contribution in [-0.4, -0.2) is 196 Å². The van der Waals surface area contributed by atoms with Gasteiger partial charge in [-0.25, -0.2) is 14.4 Å². The maximum absolute atomic E-state index is 14.2. The Hall–Kier alpha value is -6.32. The number of fused-ring (bicyclic) bond motifs is 15. The third kappa shape index (κ3) is 29.7. The third-order valence-electron chi connectivity index (χ3n) is 14.6. The first kappa shape index (κ1) is 69.2. The van der Waals surface area contributed by atoms with E-state index in [2.05, 4.69) is 76.0 Å². The monoisotopic (exact) mass is 1170 g/mol. The second kappa shape index (κ2) is 39.3. The summed E-state index contributed by atoms with van der Waals surface area (Å²) in [6, 6.07) is 12.9. The molecule has 0 unspecified atom stereocenters. The number of urea groups is 1. The van der Waals surface area contributed by atoms with Gasteiger partial charge in [-0.1, -0.05) is 86.8 Å². The molecule has 2 aromatic carbocycles. The van der Waals surface area contributed by atoms with E-state index in [0.717, 1.165) is 89.3 Å². The van der Waals surface area contributed by atoms with Crippen LogP contribution in [0.4, 0.5) is 4.79 Å². The smallest absolute Gasteiger partial charge is 0.326 e. The van der Waals surface area contributed by atoms with Crippen LogP contribution in [0.5, 0.6) is 0 Å². The van der Waals surface area contributed by atoms with Gasteiger partial charge < -0.3 is 89.5 Å². The summed E-state index contributed by atoms with van der Waals surface area (Å²) in [4.78, 5) is 103. The average Bonchev–Trinajstić information content (AvgIpc) is 3.58. The van der Waals surface area contributed by atoms with Crippen molar-refractivity contribution in [2.45, 2.75) is 146 Å². The average molecular weight is 1170 g/mol. The molecule has 2 aromatic rings. The molecule has 4 atom stereocenters. The molecule has 25 nitrogen and oxygen atoms in total. The van der Waals surface area contributed by atoms with Crippen molar-refractivity contribution < 1.29 is 58.8 Å². The highest BCUT2D eigenvalue weighted by molar-refractivity contribution is 5.92. The zero-order valence-electron chi connectivity index (χ0n) is 48.4. The number of benzene rings is 2. The molecular formula is C58H95N13O12. The highest BCUT2D eigenvalue weighted by atomic mass is 16.5. The van der Waals surface area contributed by atoms with Crippen LogP contribution >= 0.6 is 0 Å². The van der Waals surface area contributed by atoms with Crippen molar-refractivity contribution >= 4 is 47.5 Å². The predicted molar refractivity (Wildman–Crippen MR) is 314 cm³/mol. The fraction of sp³-hybridized carbons (Fsp3) is 0.655. The Morgan fingerprint density at radius 3 is 1.43 bits per heavy atom. The Bertz CT molecular complexity index is 2220. The van der Waals surface area contributed by atoms with Crippen LogP contribution in [0.3, 0.4) is 0 Å². The predicted octanol–water partition coefficient (Wildman–Crippen LogP) is -0.922. The fourth-order valence-corrected chi connectivity index (χ4v) is 9.87. The molecular weight excluding hydrogens is 1070 g/mol. The zero-order valence-corrected chi connectivity index (χ0v) is 48.4. The maximum Gasteiger partial charge on any atom is 0.326 e. The lowest BCUT2D eigenvalue weighted by Gasteiger charge is -2.37. The van der Waals surface area contributed by atoms with E-state index in [9.17, 15) is 48.6 Å². The van der Waals surface area contributed by atoms with Crippen molar-refractivity contribution in [3.8, 4) is 0 Å². The molecule has 3 aliphatic heterocycles. The first-order chi connectivity index (χ1) is 39.9. The minimum absolute atomic E-state index is 0.00373. The van der Waals surface area contributed by atoms with Gasteiger partial charge in [0, 0.05) is 136 Å². The molecule has 3 saturated heterocycles. The van der Waals surface area contributed by atoms with E-state index < -0.39 is 65.8 Å². The topological polar surface area (TPSA) is 374 Å². The third-order valence-corrected chi connectivity index (χ3v) is 14.6. The van der Waals surface area contributed by atoms with E-state index in [4.69, 9.17) is 10.2 Å². The molecule has 0 spiro atoms. The van der Waals surface area contributed by atoms with Crippen LogP contribution < -0.4 is 69.1 Å². The molecule has 17 N–H and O–H groups in total. The Kier molecular flexibility index (Phi) is 32.7. The van der Waals surface area contributed by atoms with Gasteiger partial charge >= 0.3 is 18.0 Å². The lowest BCUT2D eigenvalue weighted by atomic mass is 9.90. The molecule has 464 valence electrons. The summed E-state index contributed by atoms with van der Waals surface area (Å²) < 4.78 is 0. The first-order valence-corrected chi connectivity index (χ1v) is 29.6. The van der Waals surface area contributed by atoms with Crippen molar-refractivity contribution in [1.82, 2.24) is 69.1 Å². The van der Waals surface area contributed by atoms with Crippen molar-refractivity contribution in [3.05, 3.63) is 71.8 Å². The standard InChI is InChI=1S/C58H95N13O12/c1-57-36-59-28-31-62-39-58(40-63-32-29-60-37-57,41-64-33-30-61-38-57)71-50(74)23-15-22-49(73)67-47(35-43-18-9-6-10-19-43)53(78)68-46(34-42-16-7-5-8-17-42)52(77)66-27-13-4-2-3-11-21-48(72)65-26-14-12-20-44(54(79)80)69-56(83)70-45(55(81)82)24-25-51(75)76/h5-10,16-19,44-47,51,59-64,75-76H,2-4,11-15,20-41H2,1H3,(H,65,72)(H,66,77)(H,67,73)(H,68,78)(H,71,74)(H,79,80)(H,81,82)(H2,69,70,83)/t44-,45-,46+,47+,57?,58?/m0/s1. The van der Waals surface area contributed by atoms with Crippen LogP contribution in [-0.2, 0) is 46.4 Å². The first-order valence-electron chi connectivity index (χ1n) is 29.6. The van der Waals surface area contributed by atoms with Crippen molar-refractivity contribution in [2.24, 2.45) is 5.41 Å². The summed E-state index contributed by atoms with van der Waals surface area (Å²) in [6.07, 6.45) is 3.17. The summed E-state index contributed by atoms with van der Waals surface area (Å²) in [6.45, 7) is 11.7. The number of amides is 7. The van der Waals surface area contributed by atoms with E-state index in [1.54, 1.807) is 0 Å². The number of aliphatic hydroxyl groups excluding tert-OH is 1. The number of nitrogens with one attached hydrogen (secondary N) is 13. The molecule has 0 aromatic heterocycles. The van der Waals surface area contributed by atoms with Crippen LogP contribution in [0.25, 0.3) is 0 Å². The summed E-state index contributed by atoms with van der Waals surface area (Å²) >= 11 is 0. The SMILES string of the molecule is CC12CNCCNCC(NC(=O)CCCC(=O)N[C@H](Cc3ccccc3)C(=O)N[C@H](Cc3ccccc3)C(=O)NCCCCCCCC(=O)NCCCC[C@H](NC(=O)N[C@@H](CCC(O)O)C(=O)O)C(=O)O)(CNCCNC1)CNCCNC2. The highest BCUT2D eigenvalue weighted by Gasteiger charge is 2.33. The van der Waals surface area contributed by atoms with Gasteiger partial charge in [-0.15, -0.1) is 0 Å². The van der Waals surface area contributed by atoms with E-state index in [-0.39, 0.29) is 74.5 Å². The van der Waals surface area contributed by atoms with Crippen molar-refractivity contribution in [1.29, 1.82) is 0 Å². The molecule has 3 fully saturated rings. The van der Waals surface area contributed by atoms with E-state index in [1.807, 2.05) is 60.7 Å². The van der Waals surface area contributed by atoms with Gasteiger partial charge in [-0.2, -0.15) is 0 Å². The second-order valence-electron chi connectivity index (χ2n) is 22.2. The lowest BCUT2D eigenvalue weighted by molar-refractivity contribution is -0.140. The largest absolute Gasteiger partial charge is 0.480 e. The molecule has 2 bridgehead atoms. The Morgan fingerprint density at radius 1 is 0.458 bits per heavy atom. The number of hydrogen-bond acceptors (Lipinski definition) is 16. The summed E-state index contributed by atoms with van der Waals surface area (Å²) in [5, 5.41) is 77.6. The molecule has 83 heavy (non-hydrogen) atoms. The van der Waals surface area contributed by atoms with Crippen LogP contribution in [0.2, 0.25) is 0 Å². The zero-order chi connectivity index (χ0) is 60.1. The number of carboxylic acid groups (broad SMARTS) is 2. The summed E-state index contributed by atoms with van der Waals surface area (Å²) in [5.41, 5.74) is 1.07.